The fourth-order valence-electron chi connectivity index (χ4n) is 2.49. The van der Waals surface area contributed by atoms with Crippen molar-refractivity contribution in [3.63, 3.8) is 0 Å². The van der Waals surface area contributed by atoms with Gasteiger partial charge in [0, 0.05) is 26.8 Å². The molecule has 0 spiro atoms. The number of hydrogen-bond acceptors (Lipinski definition) is 5. The first-order valence-electron chi connectivity index (χ1n) is 6.42. The van der Waals surface area contributed by atoms with Gasteiger partial charge in [-0.05, 0) is 35.2 Å². The number of amidine groups is 1. The van der Waals surface area contributed by atoms with Crippen LogP contribution in [0.4, 0.5) is 0 Å². The SMILES string of the molecule is CN(Cc1ccsc1)C(=O)C1(C(N)=NO)CCOCC1. The highest BCUT2D eigenvalue weighted by atomic mass is 32.1. The van der Waals surface area contributed by atoms with Gasteiger partial charge in [0.2, 0.25) is 5.91 Å². The number of nitrogens with two attached hydrogens (primary N) is 1. The Morgan fingerprint density at radius 3 is 2.85 bits per heavy atom. The van der Waals surface area contributed by atoms with Gasteiger partial charge in [-0.25, -0.2) is 0 Å². The first-order chi connectivity index (χ1) is 9.60. The van der Waals surface area contributed by atoms with E-state index in [9.17, 15) is 4.79 Å². The maximum Gasteiger partial charge on any atom is 0.236 e. The van der Waals surface area contributed by atoms with Crippen LogP contribution in [0.3, 0.4) is 0 Å². The summed E-state index contributed by atoms with van der Waals surface area (Å²) in [6.45, 7) is 1.39. The van der Waals surface area contributed by atoms with Crippen LogP contribution in [-0.2, 0) is 16.1 Å². The second-order valence-corrected chi connectivity index (χ2v) is 5.75. The Morgan fingerprint density at radius 1 is 1.60 bits per heavy atom. The molecule has 110 valence electrons. The summed E-state index contributed by atoms with van der Waals surface area (Å²) >= 11 is 1.59. The van der Waals surface area contributed by atoms with Crippen molar-refractivity contribution in [1.82, 2.24) is 4.90 Å². The second kappa shape index (κ2) is 6.23. The van der Waals surface area contributed by atoms with Crippen LogP contribution < -0.4 is 5.73 Å². The van der Waals surface area contributed by atoms with Gasteiger partial charge in [-0.2, -0.15) is 11.3 Å². The van der Waals surface area contributed by atoms with Crippen LogP contribution >= 0.6 is 11.3 Å². The number of amides is 1. The summed E-state index contributed by atoms with van der Waals surface area (Å²) in [7, 11) is 1.74. The van der Waals surface area contributed by atoms with Crippen molar-refractivity contribution in [3.05, 3.63) is 22.4 Å². The van der Waals surface area contributed by atoms with Crippen LogP contribution in [0.2, 0.25) is 0 Å². The van der Waals surface area contributed by atoms with Crippen molar-refractivity contribution in [3.8, 4) is 0 Å². The lowest BCUT2D eigenvalue weighted by Gasteiger charge is -2.37. The van der Waals surface area contributed by atoms with E-state index in [4.69, 9.17) is 15.7 Å². The molecule has 3 N–H and O–H groups in total. The van der Waals surface area contributed by atoms with Crippen LogP contribution in [0.5, 0.6) is 0 Å². The molecule has 6 nitrogen and oxygen atoms in total. The Balaban J connectivity index is 2.18. The van der Waals surface area contributed by atoms with Crippen LogP contribution in [0.15, 0.2) is 22.0 Å². The number of thiophene rings is 1. The average molecular weight is 297 g/mol. The topological polar surface area (TPSA) is 88.2 Å². The van der Waals surface area contributed by atoms with Gasteiger partial charge >= 0.3 is 0 Å². The fraction of sp³-hybridized carbons (Fsp3) is 0.538. The molecule has 0 radical (unpaired) electrons. The van der Waals surface area contributed by atoms with E-state index in [0.717, 1.165) is 5.56 Å². The largest absolute Gasteiger partial charge is 0.409 e. The fourth-order valence-corrected chi connectivity index (χ4v) is 3.15. The number of carbonyl (C=O) groups excluding carboxylic acids is 1. The Morgan fingerprint density at radius 2 is 2.30 bits per heavy atom. The number of oxime groups is 1. The maximum atomic E-state index is 12.7. The summed E-state index contributed by atoms with van der Waals surface area (Å²) in [5.41, 5.74) is 5.92. The van der Waals surface area contributed by atoms with Crippen LogP contribution in [0.25, 0.3) is 0 Å². The summed E-state index contributed by atoms with van der Waals surface area (Å²) in [6, 6.07) is 1.98. The van der Waals surface area contributed by atoms with Gasteiger partial charge in [0.25, 0.3) is 0 Å². The molecule has 1 saturated heterocycles. The highest BCUT2D eigenvalue weighted by molar-refractivity contribution is 7.07. The molecule has 1 fully saturated rings. The summed E-state index contributed by atoms with van der Waals surface area (Å²) in [5.74, 6) is -0.148. The minimum absolute atomic E-state index is 0.0250. The minimum Gasteiger partial charge on any atom is -0.409 e. The molecule has 1 aromatic heterocycles. The van der Waals surface area contributed by atoms with E-state index in [2.05, 4.69) is 5.16 Å². The summed E-state index contributed by atoms with van der Waals surface area (Å²) < 4.78 is 5.29. The third kappa shape index (κ3) is 2.78. The van der Waals surface area contributed by atoms with Gasteiger partial charge in [-0.1, -0.05) is 5.16 Å². The van der Waals surface area contributed by atoms with Gasteiger partial charge in [0.15, 0.2) is 5.84 Å². The molecule has 7 heteroatoms. The lowest BCUT2D eigenvalue weighted by Crippen LogP contribution is -2.52. The standard InChI is InChI=1S/C13H19N3O3S/c1-16(8-10-2-7-20-9-10)12(17)13(11(14)15-18)3-5-19-6-4-13/h2,7,9,18H,3-6,8H2,1H3,(H2,14,15). The lowest BCUT2D eigenvalue weighted by atomic mass is 9.77. The zero-order chi connectivity index (χ0) is 14.6. The van der Waals surface area contributed by atoms with Gasteiger partial charge in [0.05, 0.1) is 0 Å². The molecule has 20 heavy (non-hydrogen) atoms. The molecule has 1 aliphatic rings. The summed E-state index contributed by atoms with van der Waals surface area (Å²) in [6.07, 6.45) is 0.880. The number of hydrogen-bond donors (Lipinski definition) is 2. The number of carbonyl (C=O) groups is 1. The van der Waals surface area contributed by atoms with Crippen molar-refractivity contribution in [1.29, 1.82) is 0 Å². The van der Waals surface area contributed by atoms with Crippen LogP contribution in [-0.4, -0.2) is 42.1 Å². The third-order valence-corrected chi connectivity index (χ3v) is 4.43. The molecule has 0 aliphatic carbocycles. The van der Waals surface area contributed by atoms with Crippen molar-refractivity contribution >= 4 is 23.1 Å². The molecule has 1 amide bonds. The Bertz CT molecular complexity index is 481. The van der Waals surface area contributed by atoms with Crippen LogP contribution in [0, 0.1) is 5.41 Å². The van der Waals surface area contributed by atoms with Crippen molar-refractivity contribution < 1.29 is 14.7 Å². The van der Waals surface area contributed by atoms with Crippen LogP contribution in [0.1, 0.15) is 18.4 Å². The highest BCUT2D eigenvalue weighted by Crippen LogP contribution is 2.33. The first kappa shape index (κ1) is 14.8. The van der Waals surface area contributed by atoms with Crippen molar-refractivity contribution in [2.24, 2.45) is 16.3 Å². The molecule has 0 aromatic carbocycles. The molecule has 0 saturated carbocycles. The predicted octanol–water partition coefficient (Wildman–Crippen LogP) is 1.25. The van der Waals surface area contributed by atoms with E-state index in [1.807, 2.05) is 16.8 Å². The van der Waals surface area contributed by atoms with Crippen molar-refractivity contribution in [2.75, 3.05) is 20.3 Å². The number of nitrogens with zero attached hydrogens (tertiary/aromatic N) is 2. The average Bonchev–Trinajstić information content (AvgIpc) is 2.99. The molecule has 2 rings (SSSR count). The van der Waals surface area contributed by atoms with Gasteiger partial charge in [-0.3, -0.25) is 4.79 Å². The van der Waals surface area contributed by atoms with Crippen molar-refractivity contribution in [2.45, 2.75) is 19.4 Å². The number of rotatable bonds is 4. The van der Waals surface area contributed by atoms with E-state index in [0.29, 0.717) is 32.6 Å². The van der Waals surface area contributed by atoms with E-state index >= 15 is 0 Å². The Kier molecular flexibility index (Phi) is 4.61. The lowest BCUT2D eigenvalue weighted by molar-refractivity contribution is -0.141. The number of ether oxygens (including phenoxy) is 1. The smallest absolute Gasteiger partial charge is 0.236 e. The van der Waals surface area contributed by atoms with Gasteiger partial charge in [0.1, 0.15) is 5.41 Å². The third-order valence-electron chi connectivity index (χ3n) is 3.70. The highest BCUT2D eigenvalue weighted by Gasteiger charge is 2.45. The van der Waals surface area contributed by atoms with Gasteiger partial charge in [-0.15, -0.1) is 0 Å². The first-order valence-corrected chi connectivity index (χ1v) is 7.37. The quantitative estimate of drug-likeness (QED) is 0.379. The van der Waals surface area contributed by atoms with E-state index in [1.54, 1.807) is 23.3 Å². The molecule has 0 unspecified atom stereocenters. The molecule has 0 bridgehead atoms. The second-order valence-electron chi connectivity index (χ2n) is 4.97. The Hall–Kier alpha value is -1.60. The zero-order valence-electron chi connectivity index (χ0n) is 11.4. The monoisotopic (exact) mass is 297 g/mol. The normalized spacial score (nSPS) is 18.8. The molecule has 1 aliphatic heterocycles. The van der Waals surface area contributed by atoms with E-state index in [1.165, 1.54) is 0 Å². The van der Waals surface area contributed by atoms with E-state index in [-0.39, 0.29) is 11.7 Å². The summed E-state index contributed by atoms with van der Waals surface area (Å²) in [4.78, 5) is 14.4. The molecular weight excluding hydrogens is 278 g/mol. The molecular formula is C13H19N3O3S. The predicted molar refractivity (Wildman–Crippen MR) is 76.7 cm³/mol. The van der Waals surface area contributed by atoms with E-state index < -0.39 is 5.41 Å². The molecule has 2 heterocycles. The Labute approximate surface area is 121 Å². The minimum atomic E-state index is -0.947. The maximum absolute atomic E-state index is 12.7. The molecule has 1 aromatic rings. The zero-order valence-corrected chi connectivity index (χ0v) is 12.2. The summed E-state index contributed by atoms with van der Waals surface area (Å²) in [5, 5.41) is 16.0. The van der Waals surface area contributed by atoms with Gasteiger partial charge < -0.3 is 20.6 Å². The molecule has 0 atom stereocenters.